The fraction of sp³-hybridized carbons (Fsp3) is 0. The lowest BCUT2D eigenvalue weighted by Gasteiger charge is -1.98. The minimum absolute atomic E-state index is 0.906. The van der Waals surface area contributed by atoms with Crippen molar-refractivity contribution in [2.75, 3.05) is 0 Å². The molecule has 6 aromatic rings. The van der Waals surface area contributed by atoms with Gasteiger partial charge in [0.15, 0.2) is 0 Å². The van der Waals surface area contributed by atoms with E-state index < -0.39 is 0 Å². The van der Waals surface area contributed by atoms with Crippen molar-refractivity contribution in [1.82, 2.24) is 14.4 Å². The standard InChI is InChI=1S/C19H11N3S/c1-4-8-15-11(5-1)17-16(23-15)10-9-13-18(17)22-14-7-3-2-6-12(14)20-19(22)21-13/h1-10H,(H,20,21). The lowest BCUT2D eigenvalue weighted by atomic mass is 10.1. The van der Waals surface area contributed by atoms with Crippen molar-refractivity contribution in [3.05, 3.63) is 60.7 Å². The van der Waals surface area contributed by atoms with E-state index in [4.69, 9.17) is 4.98 Å². The van der Waals surface area contributed by atoms with Crippen LogP contribution in [0.25, 0.3) is 48.0 Å². The van der Waals surface area contributed by atoms with Crippen molar-refractivity contribution >= 4 is 59.4 Å². The van der Waals surface area contributed by atoms with Crippen LogP contribution in [0.3, 0.4) is 0 Å². The Balaban J connectivity index is 2.01. The van der Waals surface area contributed by atoms with Gasteiger partial charge >= 0.3 is 0 Å². The number of hydrogen-bond acceptors (Lipinski definition) is 2. The fourth-order valence-electron chi connectivity index (χ4n) is 3.59. The monoisotopic (exact) mass is 313 g/mol. The summed E-state index contributed by atoms with van der Waals surface area (Å²) < 4.78 is 4.90. The molecule has 0 aliphatic carbocycles. The van der Waals surface area contributed by atoms with E-state index in [2.05, 4.69) is 64.0 Å². The van der Waals surface area contributed by atoms with E-state index in [-0.39, 0.29) is 0 Å². The summed E-state index contributed by atoms with van der Waals surface area (Å²) >= 11 is 1.85. The highest BCUT2D eigenvalue weighted by atomic mass is 32.1. The Morgan fingerprint density at radius 1 is 0.870 bits per heavy atom. The summed E-state index contributed by atoms with van der Waals surface area (Å²) in [6.07, 6.45) is 0. The van der Waals surface area contributed by atoms with Crippen LogP contribution in [0.4, 0.5) is 0 Å². The molecule has 0 saturated carbocycles. The molecule has 0 spiro atoms. The first-order chi connectivity index (χ1) is 11.4. The second kappa shape index (κ2) is 3.91. The number of aromatic nitrogens is 3. The largest absolute Gasteiger partial charge is 0.323 e. The Kier molecular flexibility index (Phi) is 1.99. The molecule has 3 aromatic carbocycles. The van der Waals surface area contributed by atoms with Crippen LogP contribution < -0.4 is 0 Å². The molecule has 23 heavy (non-hydrogen) atoms. The molecular formula is C19H11N3S. The van der Waals surface area contributed by atoms with Gasteiger partial charge in [-0.2, -0.15) is 0 Å². The molecule has 4 heteroatoms. The van der Waals surface area contributed by atoms with Gasteiger partial charge in [-0.1, -0.05) is 30.3 Å². The first kappa shape index (κ1) is 11.7. The highest BCUT2D eigenvalue weighted by Crippen LogP contribution is 2.39. The summed E-state index contributed by atoms with van der Waals surface area (Å²) in [6.45, 7) is 0. The Bertz CT molecular complexity index is 1370. The van der Waals surface area contributed by atoms with Gasteiger partial charge in [0.1, 0.15) is 0 Å². The molecule has 0 saturated heterocycles. The van der Waals surface area contributed by atoms with Gasteiger partial charge in [0.05, 0.1) is 22.1 Å². The Morgan fingerprint density at radius 3 is 2.74 bits per heavy atom. The zero-order valence-electron chi connectivity index (χ0n) is 12.1. The maximum Gasteiger partial charge on any atom is 0.213 e. The molecule has 0 radical (unpaired) electrons. The third-order valence-electron chi connectivity index (χ3n) is 4.55. The van der Waals surface area contributed by atoms with Gasteiger partial charge in [-0.3, -0.25) is 4.40 Å². The van der Waals surface area contributed by atoms with Gasteiger partial charge in [-0.05, 0) is 30.3 Å². The van der Waals surface area contributed by atoms with Crippen molar-refractivity contribution < 1.29 is 0 Å². The van der Waals surface area contributed by atoms with E-state index in [1.807, 2.05) is 17.4 Å². The number of rotatable bonds is 0. The van der Waals surface area contributed by atoms with Gasteiger partial charge in [-0.15, -0.1) is 11.3 Å². The predicted molar refractivity (Wildman–Crippen MR) is 97.4 cm³/mol. The molecule has 3 aromatic heterocycles. The summed E-state index contributed by atoms with van der Waals surface area (Å²) in [5, 5.41) is 2.63. The predicted octanol–water partition coefficient (Wildman–Crippen LogP) is 5.34. The second-order valence-electron chi connectivity index (χ2n) is 5.82. The van der Waals surface area contributed by atoms with Crippen LogP contribution in [0.5, 0.6) is 0 Å². The Hall–Kier alpha value is -2.85. The molecule has 0 amide bonds. The highest BCUT2D eigenvalue weighted by Gasteiger charge is 2.15. The average Bonchev–Trinajstić information content (AvgIpc) is 3.22. The van der Waals surface area contributed by atoms with Crippen LogP contribution >= 0.6 is 11.3 Å². The van der Waals surface area contributed by atoms with Crippen LogP contribution in [-0.4, -0.2) is 14.4 Å². The molecule has 0 unspecified atom stereocenters. The number of imidazole rings is 2. The van der Waals surface area contributed by atoms with Crippen LogP contribution in [0.2, 0.25) is 0 Å². The molecule has 108 valence electrons. The maximum absolute atomic E-state index is 4.73. The summed E-state index contributed by atoms with van der Waals surface area (Å²) in [4.78, 5) is 8.21. The Morgan fingerprint density at radius 2 is 1.74 bits per heavy atom. The lowest BCUT2D eigenvalue weighted by Crippen LogP contribution is -1.81. The number of nitrogens with zero attached hydrogens (tertiary/aromatic N) is 2. The number of H-pyrrole nitrogens is 1. The first-order valence-corrected chi connectivity index (χ1v) is 8.41. The van der Waals surface area contributed by atoms with E-state index in [0.29, 0.717) is 0 Å². The van der Waals surface area contributed by atoms with Crippen molar-refractivity contribution in [2.45, 2.75) is 0 Å². The van der Waals surface area contributed by atoms with E-state index in [9.17, 15) is 0 Å². The highest BCUT2D eigenvalue weighted by molar-refractivity contribution is 7.26. The number of nitrogens with one attached hydrogen (secondary N) is 1. The van der Waals surface area contributed by atoms with Crippen LogP contribution in [0.1, 0.15) is 0 Å². The van der Waals surface area contributed by atoms with Gasteiger partial charge in [0.2, 0.25) is 5.78 Å². The molecule has 6 rings (SSSR count). The SMILES string of the molecule is c1ccc2c(c1)nc1[nH]c3ccc4sc5ccccc5c4c3n12. The van der Waals surface area contributed by atoms with Gasteiger partial charge in [-0.25, -0.2) is 4.98 Å². The van der Waals surface area contributed by atoms with Crippen LogP contribution in [0.15, 0.2) is 60.7 Å². The number of thiophene rings is 1. The van der Waals surface area contributed by atoms with Crippen molar-refractivity contribution in [2.24, 2.45) is 0 Å². The molecule has 0 bridgehead atoms. The number of hydrogen-bond donors (Lipinski definition) is 1. The second-order valence-corrected chi connectivity index (χ2v) is 6.90. The zero-order valence-corrected chi connectivity index (χ0v) is 12.9. The normalized spacial score (nSPS) is 12.3. The third-order valence-corrected chi connectivity index (χ3v) is 5.68. The van der Waals surface area contributed by atoms with Gasteiger partial charge in [0, 0.05) is 20.2 Å². The van der Waals surface area contributed by atoms with Crippen LogP contribution in [-0.2, 0) is 0 Å². The zero-order chi connectivity index (χ0) is 15.0. The molecule has 1 N–H and O–H groups in total. The topological polar surface area (TPSA) is 33.1 Å². The number of aromatic amines is 1. The molecule has 3 nitrogen and oxygen atoms in total. The van der Waals surface area contributed by atoms with E-state index >= 15 is 0 Å². The fourth-order valence-corrected chi connectivity index (χ4v) is 4.70. The van der Waals surface area contributed by atoms with Crippen molar-refractivity contribution in [1.29, 1.82) is 0 Å². The quantitative estimate of drug-likeness (QED) is 0.403. The van der Waals surface area contributed by atoms with Crippen molar-refractivity contribution in [3.8, 4) is 0 Å². The molecule has 0 aliphatic rings. The van der Waals surface area contributed by atoms with Crippen molar-refractivity contribution in [3.63, 3.8) is 0 Å². The van der Waals surface area contributed by atoms with Gasteiger partial charge in [0.25, 0.3) is 0 Å². The van der Waals surface area contributed by atoms with Gasteiger partial charge < -0.3 is 4.98 Å². The average molecular weight is 313 g/mol. The lowest BCUT2D eigenvalue weighted by molar-refractivity contribution is 1.28. The minimum atomic E-state index is 0.906. The summed E-state index contributed by atoms with van der Waals surface area (Å²) in [5.74, 6) is 0.906. The molecule has 0 atom stereocenters. The number of benzene rings is 3. The number of para-hydroxylation sites is 2. The summed E-state index contributed by atoms with van der Waals surface area (Å²) in [5.41, 5.74) is 4.53. The van der Waals surface area contributed by atoms with E-state index in [1.165, 1.54) is 25.7 Å². The van der Waals surface area contributed by atoms with E-state index in [1.54, 1.807) is 0 Å². The third kappa shape index (κ3) is 1.37. The molecule has 0 aliphatic heterocycles. The molecule has 0 fully saturated rings. The Labute approximate surface area is 134 Å². The van der Waals surface area contributed by atoms with Crippen LogP contribution in [0, 0.1) is 0 Å². The molecule has 3 heterocycles. The first-order valence-electron chi connectivity index (χ1n) is 7.59. The maximum atomic E-state index is 4.73. The van der Waals surface area contributed by atoms with E-state index in [0.717, 1.165) is 22.3 Å². The number of fused-ring (bicyclic) bond motifs is 9. The minimum Gasteiger partial charge on any atom is -0.323 e. The molecular weight excluding hydrogens is 302 g/mol. The summed E-state index contributed by atoms with van der Waals surface area (Å²) in [6, 6.07) is 21.3. The summed E-state index contributed by atoms with van der Waals surface area (Å²) in [7, 11) is 0. The smallest absolute Gasteiger partial charge is 0.213 e.